The van der Waals surface area contributed by atoms with Gasteiger partial charge in [-0.15, -0.1) is 0 Å². The smallest absolute Gasteiger partial charge is 0.407 e. The van der Waals surface area contributed by atoms with E-state index in [0.717, 1.165) is 18.9 Å². The van der Waals surface area contributed by atoms with Crippen LogP contribution in [-0.4, -0.2) is 31.3 Å². The fourth-order valence-electron chi connectivity index (χ4n) is 3.61. The molecule has 0 bridgehead atoms. The normalized spacial score (nSPS) is 16.7. The Kier molecular flexibility index (Phi) is 6.87. The molecular formula is C23H29F2N3O3. The van der Waals surface area contributed by atoms with Crippen LogP contribution in [0.2, 0.25) is 0 Å². The highest BCUT2D eigenvalue weighted by Crippen LogP contribution is 2.39. The highest BCUT2D eigenvalue weighted by atomic mass is 19.1. The molecular weight excluding hydrogens is 404 g/mol. The molecule has 0 unspecified atom stereocenters. The quantitative estimate of drug-likeness (QED) is 0.643. The summed E-state index contributed by atoms with van der Waals surface area (Å²) in [6.45, 7) is 6.81. The van der Waals surface area contributed by atoms with Gasteiger partial charge in [0.25, 0.3) is 0 Å². The second kappa shape index (κ2) is 9.41. The zero-order chi connectivity index (χ0) is 22.6. The van der Waals surface area contributed by atoms with Gasteiger partial charge in [-0.2, -0.15) is 0 Å². The Balaban J connectivity index is 1.74. The van der Waals surface area contributed by atoms with E-state index in [4.69, 9.17) is 15.2 Å². The molecule has 0 radical (unpaired) electrons. The van der Waals surface area contributed by atoms with Gasteiger partial charge in [-0.3, -0.25) is 0 Å². The highest BCUT2D eigenvalue weighted by Gasteiger charge is 2.28. The molecule has 168 valence electrons. The molecule has 6 nitrogen and oxygen atoms in total. The maximum Gasteiger partial charge on any atom is 0.407 e. The van der Waals surface area contributed by atoms with Gasteiger partial charge >= 0.3 is 6.09 Å². The van der Waals surface area contributed by atoms with E-state index >= 15 is 4.39 Å². The largest absolute Gasteiger partial charge is 0.451 e. The van der Waals surface area contributed by atoms with Crippen molar-refractivity contribution in [2.45, 2.75) is 39.2 Å². The second-order valence-corrected chi connectivity index (χ2v) is 8.69. The van der Waals surface area contributed by atoms with E-state index in [1.165, 1.54) is 0 Å². The highest BCUT2D eigenvalue weighted by molar-refractivity contribution is 5.71. The first-order valence-electron chi connectivity index (χ1n) is 10.4. The molecule has 1 atom stereocenters. The van der Waals surface area contributed by atoms with Crippen LogP contribution in [0.1, 0.15) is 33.6 Å². The van der Waals surface area contributed by atoms with Crippen molar-refractivity contribution in [2.75, 3.05) is 30.3 Å². The number of piperidine rings is 1. The van der Waals surface area contributed by atoms with Crippen LogP contribution in [0.4, 0.5) is 25.0 Å². The number of nitrogens with one attached hydrogen (secondary N) is 1. The summed E-state index contributed by atoms with van der Waals surface area (Å²) >= 11 is 0. The Bertz CT molecular complexity index is 917. The number of nitrogen functional groups attached to an aromatic ring is 1. The van der Waals surface area contributed by atoms with Crippen molar-refractivity contribution in [2.24, 2.45) is 5.92 Å². The van der Waals surface area contributed by atoms with Crippen molar-refractivity contribution in [1.82, 2.24) is 5.32 Å². The Morgan fingerprint density at radius 1 is 1.26 bits per heavy atom. The van der Waals surface area contributed by atoms with Crippen molar-refractivity contribution in [1.29, 1.82) is 0 Å². The van der Waals surface area contributed by atoms with Crippen molar-refractivity contribution in [3.63, 3.8) is 0 Å². The van der Waals surface area contributed by atoms with Gasteiger partial charge < -0.3 is 25.4 Å². The van der Waals surface area contributed by atoms with Crippen LogP contribution in [0, 0.1) is 17.6 Å². The van der Waals surface area contributed by atoms with Crippen LogP contribution in [-0.2, 0) is 4.74 Å². The van der Waals surface area contributed by atoms with Gasteiger partial charge in [-0.25, -0.2) is 13.6 Å². The molecule has 3 N–H and O–H groups in total. The van der Waals surface area contributed by atoms with E-state index < -0.39 is 29.1 Å². The molecule has 1 saturated heterocycles. The molecule has 1 heterocycles. The summed E-state index contributed by atoms with van der Waals surface area (Å²) in [6.07, 6.45) is 1.16. The molecule has 0 spiro atoms. The number of alkyl carbamates (subject to hydrolysis) is 1. The summed E-state index contributed by atoms with van der Waals surface area (Å²) < 4.78 is 40.5. The Morgan fingerprint density at radius 3 is 2.65 bits per heavy atom. The molecule has 2 aromatic rings. The minimum absolute atomic E-state index is 0.0103. The molecule has 0 aliphatic carbocycles. The number of amides is 1. The van der Waals surface area contributed by atoms with Crippen LogP contribution >= 0.6 is 0 Å². The standard InChI is InChI=1S/C23H29F2N3O3/c1-23(2,3)31-22(29)27-13-15-8-7-11-28(14-15)20-18(26)12-17(24)21(19(20)25)30-16-9-5-4-6-10-16/h4-6,9-10,12,15H,7-8,11,13-14,26H2,1-3H3,(H,27,29)/t15-/m0/s1. The number of carbonyl (C=O) groups excluding carboxylic acids is 1. The fraction of sp³-hybridized carbons (Fsp3) is 0.435. The summed E-state index contributed by atoms with van der Waals surface area (Å²) in [6, 6.07) is 9.54. The lowest BCUT2D eigenvalue weighted by Gasteiger charge is -2.35. The lowest BCUT2D eigenvalue weighted by Crippen LogP contribution is -2.42. The average Bonchev–Trinajstić information content (AvgIpc) is 2.69. The molecule has 0 saturated carbocycles. The van der Waals surface area contributed by atoms with Crippen molar-refractivity contribution < 1.29 is 23.0 Å². The van der Waals surface area contributed by atoms with E-state index in [9.17, 15) is 9.18 Å². The van der Waals surface area contributed by atoms with Crippen molar-refractivity contribution in [3.05, 3.63) is 48.0 Å². The number of carbonyl (C=O) groups is 1. The third-order valence-electron chi connectivity index (χ3n) is 4.91. The zero-order valence-electron chi connectivity index (χ0n) is 18.1. The van der Waals surface area contributed by atoms with E-state index in [0.29, 0.717) is 25.4 Å². The average molecular weight is 433 g/mol. The number of hydrogen-bond acceptors (Lipinski definition) is 5. The topological polar surface area (TPSA) is 76.8 Å². The molecule has 1 fully saturated rings. The van der Waals surface area contributed by atoms with Gasteiger partial charge in [0.05, 0.1) is 5.69 Å². The van der Waals surface area contributed by atoms with Crippen molar-refractivity contribution in [3.8, 4) is 11.5 Å². The van der Waals surface area contributed by atoms with Gasteiger partial charge in [0, 0.05) is 25.7 Å². The Hall–Kier alpha value is -3.03. The number of rotatable bonds is 5. The van der Waals surface area contributed by atoms with Gasteiger partial charge in [0.1, 0.15) is 17.0 Å². The first-order valence-corrected chi connectivity index (χ1v) is 10.4. The monoisotopic (exact) mass is 433 g/mol. The van der Waals surface area contributed by atoms with Crippen molar-refractivity contribution >= 4 is 17.5 Å². The first-order chi connectivity index (χ1) is 14.6. The maximum atomic E-state index is 15.3. The van der Waals surface area contributed by atoms with Gasteiger partial charge in [0.15, 0.2) is 11.6 Å². The molecule has 31 heavy (non-hydrogen) atoms. The number of nitrogens with zero attached hydrogens (tertiary/aromatic N) is 1. The minimum Gasteiger partial charge on any atom is -0.451 e. The summed E-state index contributed by atoms with van der Waals surface area (Å²) in [5.41, 5.74) is 5.54. The number of anilines is 2. The molecule has 3 rings (SSSR count). The predicted molar refractivity (Wildman–Crippen MR) is 116 cm³/mol. The molecule has 1 amide bonds. The molecule has 0 aromatic heterocycles. The van der Waals surface area contributed by atoms with Crippen LogP contribution in [0.3, 0.4) is 0 Å². The lowest BCUT2D eigenvalue weighted by molar-refractivity contribution is 0.0517. The van der Waals surface area contributed by atoms with Crippen LogP contribution in [0.5, 0.6) is 11.5 Å². The van der Waals surface area contributed by atoms with E-state index in [-0.39, 0.29) is 17.3 Å². The lowest BCUT2D eigenvalue weighted by atomic mass is 9.97. The fourth-order valence-corrected chi connectivity index (χ4v) is 3.61. The third-order valence-corrected chi connectivity index (χ3v) is 4.91. The third kappa shape index (κ3) is 5.99. The van der Waals surface area contributed by atoms with E-state index in [2.05, 4.69) is 5.32 Å². The minimum atomic E-state index is -0.859. The van der Waals surface area contributed by atoms with Crippen LogP contribution in [0.25, 0.3) is 0 Å². The van der Waals surface area contributed by atoms with Gasteiger partial charge in [-0.1, -0.05) is 18.2 Å². The van der Waals surface area contributed by atoms with Gasteiger partial charge in [-0.05, 0) is 51.7 Å². The maximum absolute atomic E-state index is 15.3. The predicted octanol–water partition coefficient (Wildman–Crippen LogP) is 5.08. The van der Waals surface area contributed by atoms with Crippen LogP contribution in [0.15, 0.2) is 36.4 Å². The second-order valence-electron chi connectivity index (χ2n) is 8.69. The Labute approximate surface area is 181 Å². The summed E-state index contributed by atoms with van der Waals surface area (Å²) in [5.74, 6) is -1.77. The number of para-hydroxylation sites is 1. The summed E-state index contributed by atoms with van der Waals surface area (Å²) in [7, 11) is 0. The number of benzene rings is 2. The number of ether oxygens (including phenoxy) is 2. The van der Waals surface area contributed by atoms with E-state index in [1.54, 1.807) is 56.0 Å². The van der Waals surface area contributed by atoms with Gasteiger partial charge in [0.2, 0.25) is 5.75 Å². The Morgan fingerprint density at radius 2 is 1.97 bits per heavy atom. The molecule has 1 aliphatic heterocycles. The zero-order valence-corrected chi connectivity index (χ0v) is 18.1. The molecule has 1 aliphatic rings. The summed E-state index contributed by atoms with van der Waals surface area (Å²) in [4.78, 5) is 13.7. The first kappa shape index (κ1) is 22.7. The number of halogens is 2. The SMILES string of the molecule is CC(C)(C)OC(=O)NC[C@@H]1CCCN(c2c(N)cc(F)c(Oc3ccccc3)c2F)C1. The molecule has 2 aromatic carbocycles. The van der Waals surface area contributed by atoms with Crippen LogP contribution < -0.4 is 20.7 Å². The summed E-state index contributed by atoms with van der Waals surface area (Å²) in [5, 5.41) is 2.77. The van der Waals surface area contributed by atoms with E-state index in [1.807, 2.05) is 0 Å². The number of hydrogen-bond donors (Lipinski definition) is 2. The molecule has 8 heteroatoms. The number of nitrogens with two attached hydrogens (primary N) is 1.